The number of halogens is 3. The Labute approximate surface area is 155 Å². The Morgan fingerprint density at radius 2 is 1.74 bits per heavy atom. The molecular formula is C17H12F3N3O3S. The van der Waals surface area contributed by atoms with Gasteiger partial charge < -0.3 is 9.47 Å². The highest BCUT2D eigenvalue weighted by Crippen LogP contribution is 2.24. The fourth-order valence-corrected chi connectivity index (χ4v) is 2.62. The van der Waals surface area contributed by atoms with E-state index in [1.54, 1.807) is 0 Å². The van der Waals surface area contributed by atoms with Crippen molar-refractivity contribution in [2.45, 2.75) is 6.61 Å². The Morgan fingerprint density at radius 3 is 2.41 bits per heavy atom. The van der Waals surface area contributed by atoms with Gasteiger partial charge in [-0.3, -0.25) is 10.1 Å². The number of carbonyl (C=O) groups is 1. The van der Waals surface area contributed by atoms with E-state index in [-0.39, 0.29) is 17.5 Å². The van der Waals surface area contributed by atoms with E-state index in [1.165, 1.54) is 48.5 Å². The molecule has 6 nitrogen and oxygen atoms in total. The summed E-state index contributed by atoms with van der Waals surface area (Å²) in [6, 6.07) is 11.1. The molecule has 0 spiro atoms. The van der Waals surface area contributed by atoms with Crippen molar-refractivity contribution in [3.63, 3.8) is 0 Å². The second kappa shape index (κ2) is 8.49. The molecule has 0 radical (unpaired) electrons. The smallest absolute Gasteiger partial charge is 0.387 e. The van der Waals surface area contributed by atoms with Gasteiger partial charge in [-0.2, -0.15) is 18.1 Å². The molecule has 0 aliphatic carbocycles. The van der Waals surface area contributed by atoms with Gasteiger partial charge >= 0.3 is 6.61 Å². The van der Waals surface area contributed by atoms with Crippen LogP contribution in [0.4, 0.5) is 18.3 Å². The van der Waals surface area contributed by atoms with Gasteiger partial charge in [0.1, 0.15) is 17.3 Å². The molecule has 140 valence electrons. The average Bonchev–Trinajstić information content (AvgIpc) is 3.10. The number of hydrogen-bond donors (Lipinski definition) is 1. The lowest BCUT2D eigenvalue weighted by Gasteiger charge is -2.05. The minimum absolute atomic E-state index is 0.0236. The molecule has 2 aromatic carbocycles. The highest BCUT2D eigenvalue weighted by Gasteiger charge is 2.11. The van der Waals surface area contributed by atoms with Crippen LogP contribution < -0.4 is 14.8 Å². The summed E-state index contributed by atoms with van der Waals surface area (Å²) in [7, 11) is 0. The predicted molar refractivity (Wildman–Crippen MR) is 92.5 cm³/mol. The average molecular weight is 395 g/mol. The fraction of sp³-hybridized carbons (Fsp3) is 0.118. The summed E-state index contributed by atoms with van der Waals surface area (Å²) in [4.78, 5) is 16.0. The zero-order valence-electron chi connectivity index (χ0n) is 13.6. The monoisotopic (exact) mass is 395 g/mol. The number of carbonyl (C=O) groups excluding carboxylic acids is 1. The first-order valence-corrected chi connectivity index (χ1v) is 8.34. The fourth-order valence-electron chi connectivity index (χ4n) is 2.01. The molecule has 1 N–H and O–H groups in total. The second-order valence-electron chi connectivity index (χ2n) is 5.12. The number of alkyl halides is 2. The van der Waals surface area contributed by atoms with E-state index in [9.17, 15) is 18.0 Å². The number of ether oxygens (including phenoxy) is 2. The minimum atomic E-state index is -2.90. The van der Waals surface area contributed by atoms with Crippen LogP contribution in [0.15, 0.2) is 48.5 Å². The molecule has 0 saturated carbocycles. The van der Waals surface area contributed by atoms with Gasteiger partial charge in [0.15, 0.2) is 12.4 Å². The molecule has 0 fully saturated rings. The Morgan fingerprint density at radius 1 is 1.07 bits per heavy atom. The van der Waals surface area contributed by atoms with E-state index in [4.69, 9.17) is 4.74 Å². The van der Waals surface area contributed by atoms with Crippen molar-refractivity contribution in [2.24, 2.45) is 0 Å². The topological polar surface area (TPSA) is 73.3 Å². The summed E-state index contributed by atoms with van der Waals surface area (Å²) < 4.78 is 50.7. The van der Waals surface area contributed by atoms with E-state index in [2.05, 4.69) is 19.4 Å². The maximum Gasteiger partial charge on any atom is 0.387 e. The molecule has 1 amide bonds. The van der Waals surface area contributed by atoms with Crippen molar-refractivity contribution in [2.75, 3.05) is 11.9 Å². The lowest BCUT2D eigenvalue weighted by atomic mass is 10.2. The lowest BCUT2D eigenvalue weighted by Crippen LogP contribution is -2.20. The van der Waals surface area contributed by atoms with E-state index >= 15 is 0 Å². The number of rotatable bonds is 7. The third kappa shape index (κ3) is 5.42. The van der Waals surface area contributed by atoms with Gasteiger partial charge in [-0.1, -0.05) is 0 Å². The number of hydrogen-bond acceptors (Lipinski definition) is 6. The van der Waals surface area contributed by atoms with Crippen LogP contribution in [0.3, 0.4) is 0 Å². The molecule has 3 rings (SSSR count). The number of anilines is 1. The molecular weight excluding hydrogens is 383 g/mol. The quantitative estimate of drug-likeness (QED) is 0.656. The number of nitrogens with one attached hydrogen (secondary N) is 1. The summed E-state index contributed by atoms with van der Waals surface area (Å²) in [5.74, 6) is -0.144. The Balaban J connectivity index is 1.55. The minimum Gasteiger partial charge on any atom is -0.484 e. The van der Waals surface area contributed by atoms with Crippen LogP contribution in [0, 0.1) is 5.82 Å². The van der Waals surface area contributed by atoms with Crippen LogP contribution in [0.25, 0.3) is 11.4 Å². The van der Waals surface area contributed by atoms with Gasteiger partial charge in [0.2, 0.25) is 5.13 Å². The predicted octanol–water partition coefficient (Wildman–Crippen LogP) is 3.96. The van der Waals surface area contributed by atoms with Crippen molar-refractivity contribution >= 4 is 22.6 Å². The van der Waals surface area contributed by atoms with E-state index in [0.29, 0.717) is 17.1 Å². The van der Waals surface area contributed by atoms with Gasteiger partial charge in [-0.05, 0) is 48.5 Å². The molecule has 0 unspecified atom stereocenters. The molecule has 0 aliphatic heterocycles. The highest BCUT2D eigenvalue weighted by molar-refractivity contribution is 7.10. The van der Waals surface area contributed by atoms with Gasteiger partial charge in [0.25, 0.3) is 5.91 Å². The molecule has 1 aromatic heterocycles. The number of nitrogens with zero attached hydrogens (tertiary/aromatic N) is 2. The maximum atomic E-state index is 12.8. The van der Waals surface area contributed by atoms with Crippen LogP contribution in [-0.2, 0) is 4.79 Å². The molecule has 10 heteroatoms. The van der Waals surface area contributed by atoms with Crippen molar-refractivity contribution in [1.82, 2.24) is 9.36 Å². The Kier molecular flexibility index (Phi) is 5.87. The summed E-state index contributed by atoms with van der Waals surface area (Å²) in [6.45, 7) is -3.17. The summed E-state index contributed by atoms with van der Waals surface area (Å²) in [6.07, 6.45) is 0. The molecule has 0 bridgehead atoms. The number of benzene rings is 2. The normalized spacial score (nSPS) is 10.7. The SMILES string of the molecule is O=C(COc1ccc(F)cc1)Nc1nc(-c2ccc(OC(F)F)cc2)ns1. The molecule has 0 saturated heterocycles. The van der Waals surface area contributed by atoms with Gasteiger partial charge in [-0.15, -0.1) is 0 Å². The van der Waals surface area contributed by atoms with E-state index in [0.717, 1.165) is 11.5 Å². The molecule has 0 aliphatic rings. The molecule has 1 heterocycles. The van der Waals surface area contributed by atoms with Crippen LogP contribution >= 0.6 is 11.5 Å². The standard InChI is InChI=1S/C17H12F3N3O3S/c18-11-3-7-12(8-4-11)25-9-14(24)21-17-22-15(23-27-17)10-1-5-13(6-2-10)26-16(19)20/h1-8,16H,9H2,(H,21,22,23,24). The summed E-state index contributed by atoms with van der Waals surface area (Å²) in [5.41, 5.74) is 0.580. The first-order chi connectivity index (χ1) is 13.0. The van der Waals surface area contributed by atoms with E-state index in [1.807, 2.05) is 0 Å². The summed E-state index contributed by atoms with van der Waals surface area (Å²) >= 11 is 0.962. The third-order valence-corrected chi connectivity index (χ3v) is 3.82. The molecule has 27 heavy (non-hydrogen) atoms. The third-order valence-electron chi connectivity index (χ3n) is 3.19. The molecule has 0 atom stereocenters. The zero-order valence-corrected chi connectivity index (χ0v) is 14.4. The van der Waals surface area contributed by atoms with Crippen LogP contribution in [0.2, 0.25) is 0 Å². The van der Waals surface area contributed by atoms with Crippen molar-refractivity contribution in [1.29, 1.82) is 0 Å². The largest absolute Gasteiger partial charge is 0.484 e. The first-order valence-electron chi connectivity index (χ1n) is 7.57. The van der Waals surface area contributed by atoms with Crippen LogP contribution in [0.1, 0.15) is 0 Å². The van der Waals surface area contributed by atoms with E-state index < -0.39 is 18.3 Å². The Hall–Kier alpha value is -3.14. The van der Waals surface area contributed by atoms with Gasteiger partial charge in [0, 0.05) is 17.1 Å². The maximum absolute atomic E-state index is 12.8. The van der Waals surface area contributed by atoms with Crippen LogP contribution in [-0.4, -0.2) is 28.5 Å². The summed E-state index contributed by atoms with van der Waals surface area (Å²) in [5, 5.41) is 2.79. The van der Waals surface area contributed by atoms with Crippen molar-refractivity contribution in [3.8, 4) is 22.9 Å². The second-order valence-corrected chi connectivity index (χ2v) is 5.87. The van der Waals surface area contributed by atoms with Crippen molar-refractivity contribution < 1.29 is 27.4 Å². The zero-order chi connectivity index (χ0) is 19.2. The van der Waals surface area contributed by atoms with Crippen molar-refractivity contribution in [3.05, 3.63) is 54.3 Å². The van der Waals surface area contributed by atoms with Gasteiger partial charge in [-0.25, -0.2) is 4.39 Å². The van der Waals surface area contributed by atoms with Crippen LogP contribution in [0.5, 0.6) is 11.5 Å². The highest BCUT2D eigenvalue weighted by atomic mass is 32.1. The van der Waals surface area contributed by atoms with Gasteiger partial charge in [0.05, 0.1) is 0 Å². The lowest BCUT2D eigenvalue weighted by molar-refractivity contribution is -0.118. The number of aromatic nitrogens is 2. The first kappa shape index (κ1) is 18.6. The molecule has 3 aromatic rings. The Bertz CT molecular complexity index is 902. The number of amides is 1.